The van der Waals surface area contributed by atoms with E-state index in [9.17, 15) is 0 Å². The van der Waals surface area contributed by atoms with E-state index in [1.807, 2.05) is 30.3 Å². The molecule has 0 saturated heterocycles. The summed E-state index contributed by atoms with van der Waals surface area (Å²) >= 11 is 0. The van der Waals surface area contributed by atoms with Gasteiger partial charge in [-0.2, -0.15) is 9.78 Å². The van der Waals surface area contributed by atoms with Gasteiger partial charge in [-0.25, -0.2) is 0 Å². The third kappa shape index (κ3) is 3.66. The van der Waals surface area contributed by atoms with Gasteiger partial charge >= 0.3 is 0 Å². The highest BCUT2D eigenvalue weighted by Crippen LogP contribution is 2.29. The second kappa shape index (κ2) is 8.14. The quantitative estimate of drug-likeness (QED) is 0.375. The highest BCUT2D eigenvalue weighted by molar-refractivity contribution is 5.87. The molecule has 160 valence electrons. The molecule has 0 spiro atoms. The summed E-state index contributed by atoms with van der Waals surface area (Å²) in [6.07, 6.45) is 2.52. The number of nitrogens with one attached hydrogen (secondary N) is 2. The summed E-state index contributed by atoms with van der Waals surface area (Å²) in [6, 6.07) is 16.7. The second-order valence-corrected chi connectivity index (χ2v) is 7.36. The van der Waals surface area contributed by atoms with E-state index in [0.717, 1.165) is 34.2 Å². The Hall–Kier alpha value is -4.20. The first-order valence-corrected chi connectivity index (χ1v) is 10.2. The van der Waals surface area contributed by atoms with E-state index >= 15 is 0 Å². The molecule has 0 atom stereocenters. The molecule has 0 unspecified atom stereocenters. The van der Waals surface area contributed by atoms with Crippen molar-refractivity contribution < 1.29 is 14.2 Å². The standard InChI is InChI=1S/C24H21N5O3/c1-30-17-3-4-18-20(13-17)27-10-8-22(18)32-14-24(26)29-23(25)7-5-19(28-29)15-2-6-21-16(12-15)9-11-31-21/h2-8,10,12-13,25-26H,9,11,14H2,1H3. The van der Waals surface area contributed by atoms with Gasteiger partial charge in [-0.05, 0) is 54.1 Å². The summed E-state index contributed by atoms with van der Waals surface area (Å²) in [6.45, 7) is 0.645. The van der Waals surface area contributed by atoms with Gasteiger partial charge in [0, 0.05) is 29.6 Å². The molecule has 0 fully saturated rings. The summed E-state index contributed by atoms with van der Waals surface area (Å²) in [5.74, 6) is 2.27. The van der Waals surface area contributed by atoms with Gasteiger partial charge in [-0.3, -0.25) is 15.8 Å². The van der Waals surface area contributed by atoms with Crippen LogP contribution in [0, 0.1) is 10.8 Å². The minimum Gasteiger partial charge on any atom is -0.497 e. The van der Waals surface area contributed by atoms with Gasteiger partial charge in [0.1, 0.15) is 29.3 Å². The summed E-state index contributed by atoms with van der Waals surface area (Å²) in [4.78, 5) is 4.35. The number of ether oxygens (including phenoxy) is 3. The van der Waals surface area contributed by atoms with Gasteiger partial charge < -0.3 is 14.2 Å². The maximum absolute atomic E-state index is 8.47. The fraction of sp³-hybridized carbons (Fsp3) is 0.167. The van der Waals surface area contributed by atoms with Crippen molar-refractivity contribution in [1.82, 2.24) is 14.8 Å². The number of methoxy groups -OCH3 is 1. The van der Waals surface area contributed by atoms with Gasteiger partial charge in [0.25, 0.3) is 0 Å². The van der Waals surface area contributed by atoms with Crippen molar-refractivity contribution in [1.29, 1.82) is 10.8 Å². The lowest BCUT2D eigenvalue weighted by atomic mass is 10.1. The molecule has 1 aliphatic heterocycles. The van der Waals surface area contributed by atoms with Crippen molar-refractivity contribution in [3.63, 3.8) is 0 Å². The van der Waals surface area contributed by atoms with Crippen LogP contribution in [0.1, 0.15) is 5.56 Å². The SMILES string of the molecule is COc1ccc2c(OCC(=N)n3nc(-c4ccc5c(c4)CCO5)ccc3=N)ccnc2c1. The van der Waals surface area contributed by atoms with E-state index in [1.165, 1.54) is 4.68 Å². The molecule has 2 aromatic carbocycles. The highest BCUT2D eigenvalue weighted by Gasteiger charge is 2.14. The number of benzene rings is 2. The van der Waals surface area contributed by atoms with Crippen LogP contribution in [0.3, 0.4) is 0 Å². The van der Waals surface area contributed by atoms with Crippen molar-refractivity contribution in [2.75, 3.05) is 20.3 Å². The van der Waals surface area contributed by atoms with Crippen molar-refractivity contribution in [2.45, 2.75) is 6.42 Å². The Labute approximate surface area is 184 Å². The Kier molecular flexibility index (Phi) is 5.03. The predicted octanol–water partition coefficient (Wildman–Crippen LogP) is 3.43. The molecule has 8 nitrogen and oxygen atoms in total. The Bertz CT molecular complexity index is 1400. The molecule has 4 aromatic rings. The van der Waals surface area contributed by atoms with Crippen LogP contribution < -0.4 is 19.7 Å². The molecule has 2 N–H and O–H groups in total. The molecule has 5 rings (SSSR count). The lowest BCUT2D eigenvalue weighted by Crippen LogP contribution is -2.32. The topological polar surface area (TPSA) is 106 Å². The van der Waals surface area contributed by atoms with E-state index < -0.39 is 0 Å². The average molecular weight is 427 g/mol. The van der Waals surface area contributed by atoms with Crippen LogP contribution in [0.5, 0.6) is 17.2 Å². The lowest BCUT2D eigenvalue weighted by molar-refractivity contribution is 0.357. The Balaban J connectivity index is 1.39. The number of pyridine rings is 1. The molecular formula is C24H21N5O3. The Morgan fingerprint density at radius 2 is 2.03 bits per heavy atom. The van der Waals surface area contributed by atoms with Crippen LogP contribution in [-0.2, 0) is 6.42 Å². The third-order valence-corrected chi connectivity index (χ3v) is 5.35. The number of hydrogen-bond donors (Lipinski definition) is 2. The van der Waals surface area contributed by atoms with E-state index in [2.05, 4.69) is 16.1 Å². The largest absolute Gasteiger partial charge is 0.497 e. The molecule has 3 heterocycles. The predicted molar refractivity (Wildman–Crippen MR) is 120 cm³/mol. The van der Waals surface area contributed by atoms with Crippen molar-refractivity contribution in [3.05, 3.63) is 71.8 Å². The number of fused-ring (bicyclic) bond motifs is 2. The number of hydrogen-bond acceptors (Lipinski definition) is 7. The molecule has 8 heteroatoms. The van der Waals surface area contributed by atoms with Crippen LogP contribution in [0.4, 0.5) is 0 Å². The van der Waals surface area contributed by atoms with E-state index in [1.54, 1.807) is 31.5 Å². The van der Waals surface area contributed by atoms with Gasteiger partial charge in [-0.15, -0.1) is 0 Å². The minimum atomic E-state index is -0.0455. The maximum Gasteiger partial charge on any atom is 0.162 e. The maximum atomic E-state index is 8.47. The summed E-state index contributed by atoms with van der Waals surface area (Å²) in [5.41, 5.74) is 3.59. The summed E-state index contributed by atoms with van der Waals surface area (Å²) in [5, 5.41) is 22.0. The molecule has 2 aromatic heterocycles. The number of rotatable bonds is 5. The van der Waals surface area contributed by atoms with Crippen molar-refractivity contribution >= 4 is 16.7 Å². The first-order valence-electron chi connectivity index (χ1n) is 10.2. The second-order valence-electron chi connectivity index (χ2n) is 7.36. The summed E-state index contributed by atoms with van der Waals surface area (Å²) in [7, 11) is 1.61. The van der Waals surface area contributed by atoms with E-state index in [0.29, 0.717) is 23.8 Å². The zero-order valence-electron chi connectivity index (χ0n) is 17.5. The normalized spacial score (nSPS) is 12.3. The third-order valence-electron chi connectivity index (χ3n) is 5.35. The van der Waals surface area contributed by atoms with Gasteiger partial charge in [0.05, 0.1) is 24.9 Å². The zero-order valence-corrected chi connectivity index (χ0v) is 17.5. The molecule has 0 radical (unpaired) electrons. The molecule has 1 aliphatic rings. The van der Waals surface area contributed by atoms with Crippen LogP contribution in [0.2, 0.25) is 0 Å². The van der Waals surface area contributed by atoms with Crippen LogP contribution in [0.15, 0.2) is 60.8 Å². The minimum absolute atomic E-state index is 0.0455. The first-order chi connectivity index (χ1) is 15.6. The number of aromatic nitrogens is 3. The Morgan fingerprint density at radius 1 is 1.12 bits per heavy atom. The van der Waals surface area contributed by atoms with Crippen LogP contribution in [0.25, 0.3) is 22.2 Å². The van der Waals surface area contributed by atoms with Gasteiger partial charge in [0.15, 0.2) is 5.84 Å². The Morgan fingerprint density at radius 3 is 2.91 bits per heavy atom. The summed E-state index contributed by atoms with van der Waals surface area (Å²) < 4.78 is 18.0. The zero-order chi connectivity index (χ0) is 22.1. The number of nitrogens with zero attached hydrogens (tertiary/aromatic N) is 3. The molecule has 0 saturated carbocycles. The monoisotopic (exact) mass is 427 g/mol. The van der Waals surface area contributed by atoms with E-state index in [-0.39, 0.29) is 17.9 Å². The fourth-order valence-electron chi connectivity index (χ4n) is 3.69. The van der Waals surface area contributed by atoms with Crippen LogP contribution in [-0.4, -0.2) is 40.9 Å². The molecule has 0 bridgehead atoms. The van der Waals surface area contributed by atoms with Gasteiger partial charge in [-0.1, -0.05) is 0 Å². The highest BCUT2D eigenvalue weighted by atomic mass is 16.5. The van der Waals surface area contributed by atoms with E-state index in [4.69, 9.17) is 25.0 Å². The smallest absolute Gasteiger partial charge is 0.162 e. The first kappa shape index (κ1) is 19.7. The van der Waals surface area contributed by atoms with Gasteiger partial charge in [0.2, 0.25) is 0 Å². The lowest BCUT2D eigenvalue weighted by Gasteiger charge is -2.13. The molecule has 0 amide bonds. The molecular weight excluding hydrogens is 406 g/mol. The average Bonchev–Trinajstić information content (AvgIpc) is 3.30. The van der Waals surface area contributed by atoms with Crippen molar-refractivity contribution in [3.8, 4) is 28.5 Å². The fourth-order valence-corrected chi connectivity index (χ4v) is 3.69. The van der Waals surface area contributed by atoms with Crippen LogP contribution >= 0.6 is 0 Å². The molecule has 32 heavy (non-hydrogen) atoms. The van der Waals surface area contributed by atoms with Crippen molar-refractivity contribution in [2.24, 2.45) is 0 Å². The molecule has 0 aliphatic carbocycles.